The van der Waals surface area contributed by atoms with E-state index in [1.807, 2.05) is 6.07 Å². The maximum absolute atomic E-state index is 13.2. The highest BCUT2D eigenvalue weighted by Crippen LogP contribution is 2.32. The van der Waals surface area contributed by atoms with Crippen molar-refractivity contribution < 1.29 is 18.9 Å². The zero-order chi connectivity index (χ0) is 22.0. The number of fused-ring (bicyclic) bond motifs is 1. The number of rotatable bonds is 6. The molecule has 4 aromatic rings. The molecule has 1 amide bonds. The highest BCUT2D eigenvalue weighted by molar-refractivity contribution is 9.10. The molecule has 11 heteroatoms. The molecule has 31 heavy (non-hydrogen) atoms. The normalized spacial score (nSPS) is 11.2. The summed E-state index contributed by atoms with van der Waals surface area (Å²) in [6.45, 7) is 0. The minimum absolute atomic E-state index is 0.126. The smallest absolute Gasteiger partial charge is 0.433 e. The van der Waals surface area contributed by atoms with Crippen LogP contribution >= 0.6 is 27.3 Å². The second-order valence-corrected chi connectivity index (χ2v) is 8.06. The van der Waals surface area contributed by atoms with Gasteiger partial charge in [0.15, 0.2) is 5.76 Å². The van der Waals surface area contributed by atoms with Crippen LogP contribution in [0.5, 0.6) is 5.75 Å². The number of methoxy groups -OCH3 is 1. The number of ether oxygens (including phenoxy) is 1. The molecule has 4 rings (SSSR count). The van der Waals surface area contributed by atoms with Gasteiger partial charge in [-0.15, -0.1) is 0 Å². The largest absolute Gasteiger partial charge is 0.497 e. The molecule has 0 aliphatic carbocycles. The maximum Gasteiger partial charge on any atom is 0.433 e. The van der Waals surface area contributed by atoms with Gasteiger partial charge >= 0.3 is 5.88 Å². The number of benzene rings is 2. The van der Waals surface area contributed by atoms with E-state index in [1.165, 1.54) is 29.7 Å². The molecule has 0 saturated carbocycles. The van der Waals surface area contributed by atoms with Crippen molar-refractivity contribution in [3.05, 3.63) is 80.5 Å². The van der Waals surface area contributed by atoms with Gasteiger partial charge in [-0.2, -0.15) is 10.1 Å². The summed E-state index contributed by atoms with van der Waals surface area (Å²) in [6.07, 6.45) is 1.23. The van der Waals surface area contributed by atoms with Crippen LogP contribution < -0.4 is 9.75 Å². The molecule has 9 nitrogen and oxygen atoms in total. The highest BCUT2D eigenvalue weighted by atomic mass is 79.9. The van der Waals surface area contributed by atoms with Gasteiger partial charge in [0.05, 0.1) is 29.6 Å². The van der Waals surface area contributed by atoms with Crippen LogP contribution in [0.25, 0.3) is 10.2 Å². The number of amides is 1. The van der Waals surface area contributed by atoms with E-state index in [4.69, 9.17) is 9.15 Å². The lowest BCUT2D eigenvalue weighted by atomic mass is 10.2. The summed E-state index contributed by atoms with van der Waals surface area (Å²) in [5.41, 5.74) is 1.06. The molecule has 0 atom stereocenters. The minimum atomic E-state index is -0.650. The number of hydrazone groups is 1. The predicted molar refractivity (Wildman–Crippen MR) is 120 cm³/mol. The highest BCUT2D eigenvalue weighted by Gasteiger charge is 2.22. The first-order valence-electron chi connectivity index (χ1n) is 8.77. The first kappa shape index (κ1) is 20.7. The fourth-order valence-electron chi connectivity index (χ4n) is 2.67. The third-order valence-corrected chi connectivity index (χ3v) is 5.61. The van der Waals surface area contributed by atoms with Crippen molar-refractivity contribution in [2.24, 2.45) is 5.10 Å². The fraction of sp³-hybridized carbons (Fsp3) is 0.0500. The van der Waals surface area contributed by atoms with Gasteiger partial charge < -0.3 is 9.15 Å². The molecular formula is C20H13BrN4O5S. The number of hydrogen-bond donors (Lipinski definition) is 0. The first-order valence-corrected chi connectivity index (χ1v) is 10.4. The zero-order valence-electron chi connectivity index (χ0n) is 15.9. The number of hydrogen-bond acceptors (Lipinski definition) is 8. The Labute approximate surface area is 187 Å². The number of aromatic nitrogens is 1. The van der Waals surface area contributed by atoms with Gasteiger partial charge in [0.1, 0.15) is 10.7 Å². The van der Waals surface area contributed by atoms with Gasteiger partial charge in [-0.25, -0.2) is 4.98 Å². The maximum atomic E-state index is 13.2. The number of furan rings is 1. The molecule has 0 spiro atoms. The van der Waals surface area contributed by atoms with Crippen LogP contribution in [0.3, 0.4) is 0 Å². The number of thiazole rings is 1. The standard InChI is InChI=1S/C20H13BrN4O5S/c1-29-14-5-7-16-17(10-14)31-20(23-16)24(19(26)12-3-2-4-13(21)9-12)22-11-15-6-8-18(30-15)25(27)28/h2-11H,1H3/b22-11+. The average molecular weight is 501 g/mol. The summed E-state index contributed by atoms with van der Waals surface area (Å²) in [5, 5.41) is 16.5. The Morgan fingerprint density at radius 1 is 1.29 bits per heavy atom. The third kappa shape index (κ3) is 4.47. The number of anilines is 1. The number of carbonyl (C=O) groups excluding carboxylic acids is 1. The Bertz CT molecular complexity index is 1320. The van der Waals surface area contributed by atoms with E-state index in [2.05, 4.69) is 26.0 Å². The van der Waals surface area contributed by atoms with Gasteiger partial charge in [0, 0.05) is 10.0 Å². The summed E-state index contributed by atoms with van der Waals surface area (Å²) in [5.74, 6) is -0.0523. The van der Waals surface area contributed by atoms with Crippen LogP contribution in [0.2, 0.25) is 0 Å². The summed E-state index contributed by atoms with van der Waals surface area (Å²) < 4.78 is 11.9. The van der Waals surface area contributed by atoms with Crippen molar-refractivity contribution in [2.75, 3.05) is 12.1 Å². The van der Waals surface area contributed by atoms with E-state index in [-0.39, 0.29) is 5.76 Å². The lowest BCUT2D eigenvalue weighted by Gasteiger charge is -2.13. The molecule has 0 bridgehead atoms. The SMILES string of the molecule is COc1ccc2nc(N(/N=C/c3ccc([N+](=O)[O-])o3)C(=O)c3cccc(Br)c3)sc2c1. The molecule has 2 aromatic heterocycles. The topological polar surface area (TPSA) is 111 Å². The first-order chi connectivity index (χ1) is 14.9. The van der Waals surface area contributed by atoms with E-state index < -0.39 is 16.7 Å². The molecule has 0 unspecified atom stereocenters. The fourth-order valence-corrected chi connectivity index (χ4v) is 4.02. The lowest BCUT2D eigenvalue weighted by molar-refractivity contribution is -0.402. The van der Waals surface area contributed by atoms with Gasteiger partial charge in [-0.05, 0) is 42.5 Å². The van der Waals surface area contributed by atoms with Crippen molar-refractivity contribution in [1.82, 2.24) is 4.98 Å². The van der Waals surface area contributed by atoms with Gasteiger partial charge in [0.25, 0.3) is 5.91 Å². The molecule has 0 fully saturated rings. The molecule has 0 aliphatic heterocycles. The van der Waals surface area contributed by atoms with Crippen LogP contribution in [-0.4, -0.2) is 29.1 Å². The Morgan fingerprint density at radius 2 is 2.13 bits per heavy atom. The molecule has 0 saturated heterocycles. The third-order valence-electron chi connectivity index (χ3n) is 4.12. The molecular weight excluding hydrogens is 488 g/mol. The average Bonchev–Trinajstić information content (AvgIpc) is 3.40. The molecule has 0 N–H and O–H groups in total. The number of nitrogens with zero attached hydrogens (tertiary/aromatic N) is 4. The Morgan fingerprint density at radius 3 is 2.84 bits per heavy atom. The van der Waals surface area contributed by atoms with Crippen molar-refractivity contribution in [2.45, 2.75) is 0 Å². The summed E-state index contributed by atoms with van der Waals surface area (Å²) in [7, 11) is 1.57. The van der Waals surface area contributed by atoms with E-state index in [0.717, 1.165) is 14.2 Å². The number of halogens is 1. The zero-order valence-corrected chi connectivity index (χ0v) is 18.3. The van der Waals surface area contributed by atoms with Crippen LogP contribution in [0.4, 0.5) is 11.0 Å². The van der Waals surface area contributed by atoms with E-state index in [0.29, 0.717) is 22.0 Å². The van der Waals surface area contributed by atoms with Crippen LogP contribution in [0.1, 0.15) is 16.1 Å². The van der Waals surface area contributed by atoms with E-state index in [9.17, 15) is 14.9 Å². The molecule has 0 radical (unpaired) electrons. The Hall–Kier alpha value is -3.57. The van der Waals surface area contributed by atoms with Gasteiger partial charge in [-0.3, -0.25) is 14.9 Å². The van der Waals surface area contributed by atoms with Gasteiger partial charge in [0.2, 0.25) is 5.13 Å². The van der Waals surface area contributed by atoms with Gasteiger partial charge in [-0.1, -0.05) is 33.3 Å². The number of carbonyl (C=O) groups is 1. The van der Waals surface area contributed by atoms with E-state index in [1.54, 1.807) is 43.5 Å². The van der Waals surface area contributed by atoms with Crippen molar-refractivity contribution in [1.29, 1.82) is 0 Å². The minimum Gasteiger partial charge on any atom is -0.497 e. The number of nitro groups is 1. The molecule has 156 valence electrons. The molecule has 2 heterocycles. The lowest BCUT2D eigenvalue weighted by Crippen LogP contribution is -2.25. The van der Waals surface area contributed by atoms with Crippen LogP contribution in [-0.2, 0) is 0 Å². The molecule has 2 aromatic carbocycles. The second-order valence-electron chi connectivity index (χ2n) is 6.14. The van der Waals surface area contributed by atoms with Crippen molar-refractivity contribution in [3.8, 4) is 5.75 Å². The monoisotopic (exact) mass is 500 g/mol. The molecule has 0 aliphatic rings. The van der Waals surface area contributed by atoms with Crippen molar-refractivity contribution in [3.63, 3.8) is 0 Å². The summed E-state index contributed by atoms with van der Waals surface area (Å²) >= 11 is 4.61. The predicted octanol–water partition coefficient (Wildman–Crippen LogP) is 5.25. The summed E-state index contributed by atoms with van der Waals surface area (Å²) in [4.78, 5) is 27.9. The van der Waals surface area contributed by atoms with E-state index >= 15 is 0 Å². The summed E-state index contributed by atoms with van der Waals surface area (Å²) in [6, 6.07) is 14.8. The Kier molecular flexibility index (Phi) is 5.78. The quantitative estimate of drug-likeness (QED) is 0.203. The second kappa shape index (κ2) is 8.66. The van der Waals surface area contributed by atoms with Crippen molar-refractivity contribution >= 4 is 60.6 Å². The van der Waals surface area contributed by atoms with Crippen LogP contribution in [0.15, 0.2) is 68.6 Å². The Balaban J connectivity index is 1.75. The van der Waals surface area contributed by atoms with Crippen LogP contribution in [0, 0.1) is 10.1 Å².